The molecule has 0 bridgehead atoms. The molecule has 0 aromatic carbocycles. The maximum atomic E-state index is 4.36. The molecule has 4 heteroatoms. The number of hydrogen-bond donors (Lipinski definition) is 0. The van der Waals surface area contributed by atoms with Gasteiger partial charge in [0.15, 0.2) is 0 Å². The van der Waals surface area contributed by atoms with Gasteiger partial charge >= 0.3 is 0 Å². The number of aromatic nitrogens is 2. The Kier molecular flexibility index (Phi) is 3.49. The van der Waals surface area contributed by atoms with Crippen LogP contribution in [0.15, 0.2) is 48.8 Å². The molecule has 2 aromatic rings. The summed E-state index contributed by atoms with van der Waals surface area (Å²) in [7, 11) is 0. The van der Waals surface area contributed by atoms with Gasteiger partial charge in [-0.3, -0.25) is 19.4 Å². The average molecular weight is 253 g/mol. The molecule has 3 heterocycles. The molecule has 2 aromatic heterocycles. The van der Waals surface area contributed by atoms with E-state index in [9.17, 15) is 0 Å². The van der Waals surface area contributed by atoms with Crippen LogP contribution in [0.3, 0.4) is 0 Å². The van der Waals surface area contributed by atoms with E-state index in [1.165, 1.54) is 0 Å². The van der Waals surface area contributed by atoms with Gasteiger partial charge in [0.05, 0.1) is 11.4 Å². The third-order valence-electron chi connectivity index (χ3n) is 3.18. The van der Waals surface area contributed by atoms with Gasteiger partial charge in [0, 0.05) is 12.4 Å². The Morgan fingerprint density at radius 2 is 1.74 bits per heavy atom. The van der Waals surface area contributed by atoms with E-state index in [1.807, 2.05) is 36.7 Å². The molecule has 19 heavy (non-hydrogen) atoms. The lowest BCUT2D eigenvalue weighted by Gasteiger charge is -2.04. The van der Waals surface area contributed by atoms with E-state index in [2.05, 4.69) is 37.9 Å². The summed E-state index contributed by atoms with van der Waals surface area (Å²) in [5.74, 6) is 0. The lowest BCUT2D eigenvalue weighted by molar-refractivity contribution is -0.530. The summed E-state index contributed by atoms with van der Waals surface area (Å²) in [6.07, 6.45) is 5.87. The maximum Gasteiger partial charge on any atom is 0.235 e. The van der Waals surface area contributed by atoms with Crippen LogP contribution in [0, 0.1) is 0 Å². The van der Waals surface area contributed by atoms with Gasteiger partial charge < -0.3 is 0 Å². The molecule has 0 amide bonds. The topological polar surface area (TPSA) is 32.0 Å². The highest BCUT2D eigenvalue weighted by Crippen LogP contribution is 2.05. The molecule has 1 aliphatic rings. The minimum absolute atomic E-state index is 0.875. The van der Waals surface area contributed by atoms with Crippen LogP contribution in [0.5, 0.6) is 0 Å². The van der Waals surface area contributed by atoms with E-state index < -0.39 is 0 Å². The molecule has 0 fully saturated rings. The van der Waals surface area contributed by atoms with Crippen molar-refractivity contribution < 1.29 is 4.58 Å². The summed E-state index contributed by atoms with van der Waals surface area (Å²) in [5, 5.41) is 0. The standard InChI is InChI=1S/C15H17N4/c1-3-7-16-14(5-1)11-18-9-10-19(13-18)12-15-6-2-4-8-17-15/h1-8,13H,9-12H2/q+1. The molecule has 0 saturated heterocycles. The van der Waals surface area contributed by atoms with Crippen LogP contribution in [0.2, 0.25) is 0 Å². The average Bonchev–Trinajstić information content (AvgIpc) is 2.88. The van der Waals surface area contributed by atoms with Gasteiger partial charge in [-0.25, -0.2) is 0 Å². The molecule has 4 nitrogen and oxygen atoms in total. The summed E-state index contributed by atoms with van der Waals surface area (Å²) in [6.45, 7) is 3.84. The van der Waals surface area contributed by atoms with Crippen molar-refractivity contribution in [2.75, 3.05) is 13.1 Å². The highest BCUT2D eigenvalue weighted by Gasteiger charge is 2.19. The first-order valence-corrected chi connectivity index (χ1v) is 6.53. The smallest absolute Gasteiger partial charge is 0.235 e. The van der Waals surface area contributed by atoms with Crippen LogP contribution in [0.1, 0.15) is 11.4 Å². The van der Waals surface area contributed by atoms with E-state index in [-0.39, 0.29) is 0 Å². The predicted molar refractivity (Wildman–Crippen MR) is 73.8 cm³/mol. The van der Waals surface area contributed by atoms with Gasteiger partial charge in [-0.15, -0.1) is 0 Å². The number of pyridine rings is 2. The maximum absolute atomic E-state index is 4.36. The van der Waals surface area contributed by atoms with Crippen molar-refractivity contribution >= 4 is 6.34 Å². The van der Waals surface area contributed by atoms with Crippen molar-refractivity contribution in [3.05, 3.63) is 60.2 Å². The second-order valence-electron chi connectivity index (χ2n) is 4.70. The fourth-order valence-corrected chi connectivity index (χ4v) is 2.24. The first-order valence-electron chi connectivity index (χ1n) is 6.53. The van der Waals surface area contributed by atoms with E-state index >= 15 is 0 Å². The molecular weight excluding hydrogens is 236 g/mol. The first kappa shape index (κ1) is 11.8. The second-order valence-corrected chi connectivity index (χ2v) is 4.70. The van der Waals surface area contributed by atoms with Crippen molar-refractivity contribution in [1.29, 1.82) is 0 Å². The minimum atomic E-state index is 0.875. The van der Waals surface area contributed by atoms with Gasteiger partial charge in [0.1, 0.15) is 26.2 Å². The lowest BCUT2D eigenvalue weighted by Crippen LogP contribution is -2.19. The van der Waals surface area contributed by atoms with E-state index in [4.69, 9.17) is 0 Å². The summed E-state index contributed by atoms with van der Waals surface area (Å²) in [5.41, 5.74) is 2.22. The lowest BCUT2D eigenvalue weighted by atomic mass is 10.3. The monoisotopic (exact) mass is 253 g/mol. The Morgan fingerprint density at radius 1 is 1.00 bits per heavy atom. The largest absolute Gasteiger partial charge is 0.258 e. The number of rotatable bonds is 4. The van der Waals surface area contributed by atoms with Crippen LogP contribution in [-0.2, 0) is 13.1 Å². The van der Waals surface area contributed by atoms with Crippen molar-refractivity contribution in [3.8, 4) is 0 Å². The van der Waals surface area contributed by atoms with Gasteiger partial charge in [0.25, 0.3) is 0 Å². The van der Waals surface area contributed by atoms with Crippen molar-refractivity contribution in [1.82, 2.24) is 14.9 Å². The molecule has 0 N–H and O–H groups in total. The Morgan fingerprint density at radius 3 is 2.42 bits per heavy atom. The fraction of sp³-hybridized carbons (Fsp3) is 0.267. The van der Waals surface area contributed by atoms with Crippen LogP contribution >= 0.6 is 0 Å². The molecule has 3 rings (SSSR count). The SMILES string of the molecule is C1=[N+](Cc2ccccn2)CCN1Cc1ccccn1. The fourth-order valence-electron chi connectivity index (χ4n) is 2.24. The molecular formula is C15H17N4+. The van der Waals surface area contributed by atoms with Crippen LogP contribution in [-0.4, -0.2) is 38.9 Å². The first-order chi connectivity index (χ1) is 9.40. The van der Waals surface area contributed by atoms with Gasteiger partial charge in [-0.2, -0.15) is 0 Å². The number of nitrogens with zero attached hydrogens (tertiary/aromatic N) is 4. The molecule has 0 radical (unpaired) electrons. The van der Waals surface area contributed by atoms with Crippen LogP contribution in [0.4, 0.5) is 0 Å². The molecule has 1 aliphatic heterocycles. The van der Waals surface area contributed by atoms with Gasteiger partial charge in [0.2, 0.25) is 6.34 Å². The molecule has 0 unspecified atom stereocenters. The molecule has 0 spiro atoms. The molecule has 0 aliphatic carbocycles. The van der Waals surface area contributed by atoms with Crippen LogP contribution < -0.4 is 0 Å². The Hall–Kier alpha value is -2.23. The molecule has 0 atom stereocenters. The molecule has 96 valence electrons. The normalized spacial score (nSPS) is 14.5. The van der Waals surface area contributed by atoms with E-state index in [1.54, 1.807) is 0 Å². The zero-order valence-electron chi connectivity index (χ0n) is 10.8. The second kappa shape index (κ2) is 5.61. The zero-order valence-corrected chi connectivity index (χ0v) is 10.8. The molecule has 0 saturated carbocycles. The van der Waals surface area contributed by atoms with Crippen molar-refractivity contribution in [3.63, 3.8) is 0 Å². The van der Waals surface area contributed by atoms with E-state index in [0.717, 1.165) is 37.6 Å². The summed E-state index contributed by atoms with van der Waals surface area (Å²) >= 11 is 0. The Bertz CT molecular complexity index is 551. The zero-order chi connectivity index (χ0) is 12.9. The highest BCUT2D eigenvalue weighted by molar-refractivity contribution is 5.50. The Labute approximate surface area is 113 Å². The third-order valence-corrected chi connectivity index (χ3v) is 3.18. The van der Waals surface area contributed by atoms with Crippen molar-refractivity contribution in [2.24, 2.45) is 0 Å². The van der Waals surface area contributed by atoms with Crippen molar-refractivity contribution in [2.45, 2.75) is 13.1 Å². The number of hydrogen-bond acceptors (Lipinski definition) is 3. The third kappa shape index (κ3) is 3.16. The Balaban J connectivity index is 1.62. The quantitative estimate of drug-likeness (QED) is 0.775. The van der Waals surface area contributed by atoms with E-state index in [0.29, 0.717) is 0 Å². The van der Waals surface area contributed by atoms with Crippen LogP contribution in [0.25, 0.3) is 0 Å². The predicted octanol–water partition coefficient (Wildman–Crippen LogP) is 1.53. The minimum Gasteiger partial charge on any atom is -0.258 e. The highest BCUT2D eigenvalue weighted by atomic mass is 15.3. The summed E-state index contributed by atoms with van der Waals surface area (Å²) < 4.78 is 2.30. The van der Waals surface area contributed by atoms with Gasteiger partial charge in [-0.05, 0) is 24.3 Å². The summed E-state index contributed by atoms with van der Waals surface area (Å²) in [4.78, 5) is 11.0. The van der Waals surface area contributed by atoms with Gasteiger partial charge in [-0.1, -0.05) is 12.1 Å². The summed E-state index contributed by atoms with van der Waals surface area (Å²) in [6, 6.07) is 12.1.